The number of aryl methyl sites for hydroxylation is 1. The molecule has 2 N–H and O–H groups in total. The summed E-state index contributed by atoms with van der Waals surface area (Å²) in [5.41, 5.74) is 3.69. The lowest BCUT2D eigenvalue weighted by Crippen LogP contribution is -2.53. The van der Waals surface area contributed by atoms with Crippen molar-refractivity contribution in [2.45, 2.75) is 51.1 Å². The summed E-state index contributed by atoms with van der Waals surface area (Å²) in [6.07, 6.45) is 2.90. The third-order valence-corrected chi connectivity index (χ3v) is 7.86. The smallest absolute Gasteiger partial charge is 0.335 e. The van der Waals surface area contributed by atoms with Crippen molar-refractivity contribution in [2.24, 2.45) is 5.41 Å². The molecule has 1 aliphatic heterocycles. The van der Waals surface area contributed by atoms with E-state index in [1.54, 1.807) is 25.4 Å². The fourth-order valence-electron chi connectivity index (χ4n) is 5.94. The van der Waals surface area contributed by atoms with Crippen molar-refractivity contribution < 1.29 is 23.4 Å². The second-order valence-electron chi connectivity index (χ2n) is 9.84. The van der Waals surface area contributed by atoms with E-state index >= 15 is 0 Å². The quantitative estimate of drug-likeness (QED) is 0.425. The zero-order valence-electron chi connectivity index (χ0n) is 19.1. The Morgan fingerprint density at radius 1 is 1.29 bits per heavy atom. The number of aromatic amines is 1. The maximum Gasteiger partial charge on any atom is 0.335 e. The predicted octanol–water partition coefficient (Wildman–Crippen LogP) is 6.59. The minimum Gasteiger partial charge on any atom is -0.496 e. The van der Waals surface area contributed by atoms with E-state index in [2.05, 4.69) is 9.88 Å². The molecule has 0 radical (unpaired) electrons. The normalized spacial score (nSPS) is 21.5. The van der Waals surface area contributed by atoms with Crippen LogP contribution in [0.4, 0.5) is 8.78 Å². The van der Waals surface area contributed by atoms with Crippen LogP contribution in [-0.4, -0.2) is 40.5 Å². The number of carbonyl (C=O) groups is 1. The SMILES string of the molecule is COc1cc(C)c2[nH]cc(Cl)c2c1CN1CCC2(CC1c1ccc(C(=O)O)cc1)CC(F)(F)C2. The highest BCUT2D eigenvalue weighted by Gasteiger charge is 2.58. The number of carboxylic acids is 1. The van der Waals surface area contributed by atoms with E-state index in [0.717, 1.165) is 33.3 Å². The van der Waals surface area contributed by atoms with Gasteiger partial charge in [0.25, 0.3) is 0 Å². The number of nitrogens with zero attached hydrogens (tertiary/aromatic N) is 1. The number of rotatable bonds is 5. The number of nitrogens with one attached hydrogen (secondary N) is 1. The molecule has 1 saturated carbocycles. The molecule has 2 aliphatic rings. The van der Waals surface area contributed by atoms with Crippen LogP contribution in [0.25, 0.3) is 10.9 Å². The molecule has 1 aliphatic carbocycles. The average molecular weight is 489 g/mol. The predicted molar refractivity (Wildman–Crippen MR) is 127 cm³/mol. The molecule has 8 heteroatoms. The number of likely N-dealkylation sites (tertiary alicyclic amines) is 1. The number of methoxy groups -OCH3 is 1. The summed E-state index contributed by atoms with van der Waals surface area (Å²) in [5.74, 6) is -2.84. The molecule has 5 nitrogen and oxygen atoms in total. The van der Waals surface area contributed by atoms with Crippen LogP contribution in [0.5, 0.6) is 5.75 Å². The first-order chi connectivity index (χ1) is 16.1. The zero-order valence-corrected chi connectivity index (χ0v) is 19.9. The molecule has 3 aromatic rings. The van der Waals surface area contributed by atoms with Gasteiger partial charge in [-0.05, 0) is 61.1 Å². The van der Waals surface area contributed by atoms with Crippen LogP contribution in [0.1, 0.15) is 58.8 Å². The minimum atomic E-state index is -2.59. The number of carboxylic acid groups (broad SMARTS) is 1. The van der Waals surface area contributed by atoms with Gasteiger partial charge in [0, 0.05) is 42.6 Å². The van der Waals surface area contributed by atoms with Gasteiger partial charge in [-0.1, -0.05) is 23.7 Å². The van der Waals surface area contributed by atoms with E-state index in [1.807, 2.05) is 25.1 Å². The number of H-pyrrole nitrogens is 1. The minimum absolute atomic E-state index is 0.0840. The third-order valence-electron chi connectivity index (χ3n) is 7.56. The number of aromatic nitrogens is 1. The standard InChI is InChI=1S/C26H27ClF2N2O3/c1-15-9-21(34-2)18(22-19(27)11-30-23(15)22)12-31-8-7-25(13-26(28,29)14-25)10-20(31)16-3-5-17(6-4-16)24(32)33/h3-6,9,11,20,30H,7-8,10,12-14H2,1-2H3,(H,32,33). The molecule has 1 atom stereocenters. The molecule has 34 heavy (non-hydrogen) atoms. The van der Waals surface area contributed by atoms with Gasteiger partial charge < -0.3 is 14.8 Å². The molecule has 1 unspecified atom stereocenters. The number of ether oxygens (including phenoxy) is 1. The summed E-state index contributed by atoms with van der Waals surface area (Å²) >= 11 is 6.56. The number of hydrogen-bond donors (Lipinski definition) is 2. The number of halogens is 3. The van der Waals surface area contributed by atoms with Crippen molar-refractivity contribution in [3.05, 3.63) is 63.8 Å². The summed E-state index contributed by atoms with van der Waals surface area (Å²) < 4.78 is 33.5. The molecule has 5 rings (SSSR count). The van der Waals surface area contributed by atoms with Gasteiger partial charge in [-0.15, -0.1) is 0 Å². The molecule has 2 heterocycles. The van der Waals surface area contributed by atoms with Crippen molar-refractivity contribution in [2.75, 3.05) is 13.7 Å². The van der Waals surface area contributed by atoms with Crippen LogP contribution < -0.4 is 4.74 Å². The van der Waals surface area contributed by atoms with E-state index in [0.29, 0.717) is 31.0 Å². The molecule has 2 aromatic carbocycles. The molecule has 1 saturated heterocycles. The van der Waals surface area contributed by atoms with E-state index in [1.165, 1.54) is 0 Å². The van der Waals surface area contributed by atoms with Crippen LogP contribution in [-0.2, 0) is 6.54 Å². The Hall–Kier alpha value is -2.64. The molecule has 0 bridgehead atoms. The van der Waals surface area contributed by atoms with E-state index in [-0.39, 0.29) is 29.9 Å². The van der Waals surface area contributed by atoms with E-state index in [4.69, 9.17) is 16.3 Å². The number of piperidine rings is 1. The van der Waals surface area contributed by atoms with Gasteiger partial charge in [0.05, 0.1) is 23.2 Å². The van der Waals surface area contributed by atoms with Gasteiger partial charge >= 0.3 is 5.97 Å². The second kappa shape index (κ2) is 8.24. The summed E-state index contributed by atoms with van der Waals surface area (Å²) in [6, 6.07) is 8.65. The fourth-order valence-corrected chi connectivity index (χ4v) is 6.20. The highest BCUT2D eigenvalue weighted by Crippen LogP contribution is 2.60. The Bertz CT molecular complexity index is 1250. The van der Waals surface area contributed by atoms with Crippen molar-refractivity contribution in [1.82, 2.24) is 9.88 Å². The first kappa shape index (κ1) is 23.1. The van der Waals surface area contributed by atoms with Crippen LogP contribution in [0.15, 0.2) is 36.5 Å². The number of benzene rings is 2. The molecule has 1 aromatic heterocycles. The van der Waals surface area contributed by atoms with Gasteiger partial charge in [0.2, 0.25) is 5.92 Å². The Morgan fingerprint density at radius 2 is 2.00 bits per heavy atom. The van der Waals surface area contributed by atoms with Crippen LogP contribution in [0.3, 0.4) is 0 Å². The fraction of sp³-hybridized carbons (Fsp3) is 0.423. The lowest BCUT2D eigenvalue weighted by atomic mass is 9.59. The maximum absolute atomic E-state index is 13.9. The number of fused-ring (bicyclic) bond motifs is 1. The Labute approximate surface area is 201 Å². The molecule has 2 fully saturated rings. The third kappa shape index (κ3) is 3.95. The highest BCUT2D eigenvalue weighted by atomic mass is 35.5. The lowest BCUT2D eigenvalue weighted by molar-refractivity contribution is -0.186. The molecule has 180 valence electrons. The van der Waals surface area contributed by atoms with E-state index in [9.17, 15) is 18.7 Å². The van der Waals surface area contributed by atoms with E-state index < -0.39 is 11.9 Å². The zero-order chi connectivity index (χ0) is 24.3. The van der Waals surface area contributed by atoms with Crippen molar-refractivity contribution in [3.63, 3.8) is 0 Å². The van der Waals surface area contributed by atoms with Gasteiger partial charge in [-0.2, -0.15) is 0 Å². The van der Waals surface area contributed by atoms with Gasteiger partial charge in [-0.25, -0.2) is 13.6 Å². The van der Waals surface area contributed by atoms with Crippen LogP contribution >= 0.6 is 11.6 Å². The summed E-state index contributed by atoms with van der Waals surface area (Å²) in [6.45, 7) is 3.19. The lowest BCUT2D eigenvalue weighted by Gasteiger charge is -2.54. The highest BCUT2D eigenvalue weighted by molar-refractivity contribution is 6.36. The molecular weight excluding hydrogens is 462 g/mol. The first-order valence-corrected chi connectivity index (χ1v) is 11.8. The maximum atomic E-state index is 13.9. The van der Waals surface area contributed by atoms with Crippen molar-refractivity contribution >= 4 is 28.5 Å². The molecule has 0 amide bonds. The van der Waals surface area contributed by atoms with Crippen molar-refractivity contribution in [1.29, 1.82) is 0 Å². The number of hydrogen-bond acceptors (Lipinski definition) is 3. The van der Waals surface area contributed by atoms with Gasteiger partial charge in [-0.3, -0.25) is 4.90 Å². The summed E-state index contributed by atoms with van der Waals surface area (Å²) in [5, 5.41) is 10.8. The van der Waals surface area contributed by atoms with Crippen LogP contribution in [0.2, 0.25) is 5.02 Å². The topological polar surface area (TPSA) is 65.6 Å². The molecular formula is C26H27ClF2N2O3. The van der Waals surface area contributed by atoms with Gasteiger partial charge in [0.1, 0.15) is 5.75 Å². The average Bonchev–Trinajstić information content (AvgIpc) is 3.17. The Kier molecular flexibility index (Phi) is 5.60. The first-order valence-electron chi connectivity index (χ1n) is 11.4. The number of alkyl halides is 2. The van der Waals surface area contributed by atoms with Crippen LogP contribution in [0, 0.1) is 12.3 Å². The van der Waals surface area contributed by atoms with Gasteiger partial charge in [0.15, 0.2) is 0 Å². The largest absolute Gasteiger partial charge is 0.496 e. The Balaban J connectivity index is 1.53. The molecule has 1 spiro atoms. The summed E-state index contributed by atoms with van der Waals surface area (Å²) in [7, 11) is 1.63. The second-order valence-corrected chi connectivity index (χ2v) is 10.2. The van der Waals surface area contributed by atoms with Crippen molar-refractivity contribution in [3.8, 4) is 5.75 Å². The monoisotopic (exact) mass is 488 g/mol. The Morgan fingerprint density at radius 3 is 2.62 bits per heavy atom. The number of aromatic carboxylic acids is 1. The summed E-state index contributed by atoms with van der Waals surface area (Å²) in [4.78, 5) is 16.9.